The van der Waals surface area contributed by atoms with E-state index in [9.17, 15) is 18.4 Å². The lowest BCUT2D eigenvalue weighted by atomic mass is 10.3. The molecule has 1 aromatic heterocycles. The van der Waals surface area contributed by atoms with E-state index in [0.717, 1.165) is 17.4 Å². The second-order valence-corrected chi connectivity index (χ2v) is 5.56. The zero-order valence-corrected chi connectivity index (χ0v) is 12.5. The van der Waals surface area contributed by atoms with Crippen molar-refractivity contribution in [2.75, 3.05) is 10.6 Å². The molecule has 2 rings (SSSR count). The van der Waals surface area contributed by atoms with Crippen LogP contribution in [0.2, 0.25) is 0 Å². The summed E-state index contributed by atoms with van der Waals surface area (Å²) in [6.45, 7) is 0. The first kappa shape index (κ1) is 15.4. The maximum atomic E-state index is 13.6. The van der Waals surface area contributed by atoms with Gasteiger partial charge < -0.3 is 10.4 Å². The smallest absolute Gasteiger partial charge is 0.338 e. The standard InChI is InChI=1S/C12H7BrF2N2O3S/c13-7-3-5(14)4-8(15)9(7)16-12(20)17-10-6(11(18)19)1-2-21-10/h1-4H,(H,18,19)(H2,16,17,20). The number of hydrogen-bond acceptors (Lipinski definition) is 3. The fourth-order valence-electron chi connectivity index (χ4n) is 1.48. The van der Waals surface area contributed by atoms with Crippen molar-refractivity contribution in [2.45, 2.75) is 0 Å². The summed E-state index contributed by atoms with van der Waals surface area (Å²) in [5, 5.41) is 15.0. The zero-order chi connectivity index (χ0) is 15.6. The molecule has 0 atom stereocenters. The van der Waals surface area contributed by atoms with E-state index in [2.05, 4.69) is 26.6 Å². The van der Waals surface area contributed by atoms with Gasteiger partial charge in [0.15, 0.2) is 5.82 Å². The molecule has 0 aliphatic rings. The van der Waals surface area contributed by atoms with Gasteiger partial charge in [-0.1, -0.05) is 0 Å². The third-order valence-corrected chi connectivity index (χ3v) is 3.82. The number of nitrogens with one attached hydrogen (secondary N) is 2. The highest BCUT2D eigenvalue weighted by molar-refractivity contribution is 9.10. The minimum Gasteiger partial charge on any atom is -0.478 e. The lowest BCUT2D eigenvalue weighted by Gasteiger charge is -2.09. The van der Waals surface area contributed by atoms with E-state index in [0.29, 0.717) is 6.07 Å². The molecule has 0 unspecified atom stereocenters. The highest BCUT2D eigenvalue weighted by Crippen LogP contribution is 2.28. The largest absolute Gasteiger partial charge is 0.478 e. The third kappa shape index (κ3) is 3.56. The highest BCUT2D eigenvalue weighted by atomic mass is 79.9. The van der Waals surface area contributed by atoms with Crippen LogP contribution in [0, 0.1) is 11.6 Å². The molecule has 3 N–H and O–H groups in total. The Bertz CT molecular complexity index is 697. The number of halogens is 3. The number of amides is 2. The highest BCUT2D eigenvalue weighted by Gasteiger charge is 2.16. The lowest BCUT2D eigenvalue weighted by Crippen LogP contribution is -2.21. The summed E-state index contributed by atoms with van der Waals surface area (Å²) in [7, 11) is 0. The molecule has 0 aliphatic heterocycles. The van der Waals surface area contributed by atoms with Crippen molar-refractivity contribution in [2.24, 2.45) is 0 Å². The van der Waals surface area contributed by atoms with Crippen molar-refractivity contribution in [1.82, 2.24) is 0 Å². The van der Waals surface area contributed by atoms with Crippen LogP contribution in [-0.4, -0.2) is 17.1 Å². The summed E-state index contributed by atoms with van der Waals surface area (Å²) >= 11 is 3.94. The van der Waals surface area contributed by atoms with Crippen LogP contribution in [0.25, 0.3) is 0 Å². The van der Waals surface area contributed by atoms with Gasteiger partial charge in [-0.25, -0.2) is 18.4 Å². The molecule has 0 spiro atoms. The number of aromatic carboxylic acids is 1. The summed E-state index contributed by atoms with van der Waals surface area (Å²) in [6.07, 6.45) is 0. The Morgan fingerprint density at radius 2 is 1.95 bits per heavy atom. The first-order valence-electron chi connectivity index (χ1n) is 5.42. The molecule has 0 bridgehead atoms. The van der Waals surface area contributed by atoms with Gasteiger partial charge in [-0.2, -0.15) is 0 Å². The van der Waals surface area contributed by atoms with Crippen LogP contribution in [0.1, 0.15) is 10.4 Å². The molecule has 0 saturated carbocycles. The Balaban J connectivity index is 2.16. The summed E-state index contributed by atoms with van der Waals surface area (Å²) in [5.41, 5.74) is -0.323. The fraction of sp³-hybridized carbons (Fsp3) is 0. The molecule has 21 heavy (non-hydrogen) atoms. The van der Waals surface area contributed by atoms with E-state index in [-0.39, 0.29) is 20.7 Å². The van der Waals surface area contributed by atoms with Crippen LogP contribution in [-0.2, 0) is 0 Å². The number of anilines is 2. The van der Waals surface area contributed by atoms with Crippen LogP contribution in [0.3, 0.4) is 0 Å². The number of carboxylic acid groups (broad SMARTS) is 1. The van der Waals surface area contributed by atoms with Crippen LogP contribution in [0.4, 0.5) is 24.3 Å². The fourth-order valence-corrected chi connectivity index (χ4v) is 2.77. The van der Waals surface area contributed by atoms with E-state index in [1.165, 1.54) is 11.4 Å². The average molecular weight is 377 g/mol. The molecule has 1 aromatic carbocycles. The Hall–Kier alpha value is -2.00. The Kier molecular flexibility index (Phi) is 4.53. The third-order valence-electron chi connectivity index (χ3n) is 2.37. The van der Waals surface area contributed by atoms with E-state index < -0.39 is 23.6 Å². The van der Waals surface area contributed by atoms with Crippen LogP contribution < -0.4 is 10.6 Å². The van der Waals surface area contributed by atoms with Crippen molar-refractivity contribution < 1.29 is 23.5 Å². The van der Waals surface area contributed by atoms with Gasteiger partial charge in [0, 0.05) is 10.5 Å². The molecule has 2 amide bonds. The van der Waals surface area contributed by atoms with Gasteiger partial charge in [-0.3, -0.25) is 5.32 Å². The predicted molar refractivity (Wildman–Crippen MR) is 78.0 cm³/mol. The number of thiophene rings is 1. The maximum absolute atomic E-state index is 13.6. The molecule has 1 heterocycles. The number of urea groups is 1. The van der Waals surface area contributed by atoms with Crippen LogP contribution >= 0.6 is 27.3 Å². The molecule has 5 nitrogen and oxygen atoms in total. The Morgan fingerprint density at radius 1 is 1.24 bits per heavy atom. The first-order valence-corrected chi connectivity index (χ1v) is 7.09. The second-order valence-electron chi connectivity index (χ2n) is 3.79. The monoisotopic (exact) mass is 376 g/mol. The minimum absolute atomic E-state index is 0.0276. The molecule has 0 fully saturated rings. The molecular weight excluding hydrogens is 370 g/mol. The van der Waals surface area contributed by atoms with Gasteiger partial charge in [0.1, 0.15) is 10.8 Å². The van der Waals surface area contributed by atoms with E-state index >= 15 is 0 Å². The first-order chi connectivity index (χ1) is 9.88. The number of carbonyl (C=O) groups excluding carboxylic acids is 1. The summed E-state index contributed by atoms with van der Waals surface area (Å²) in [6, 6.07) is 2.10. The molecule has 9 heteroatoms. The van der Waals surface area contributed by atoms with Crippen LogP contribution in [0.5, 0.6) is 0 Å². The van der Waals surface area contributed by atoms with Crippen molar-refractivity contribution in [3.05, 3.63) is 45.2 Å². The molecule has 110 valence electrons. The predicted octanol–water partition coefficient (Wildman–Crippen LogP) is 4.13. The number of hydrogen-bond donors (Lipinski definition) is 3. The van der Waals surface area contributed by atoms with Crippen molar-refractivity contribution in [3.63, 3.8) is 0 Å². The maximum Gasteiger partial charge on any atom is 0.338 e. The topological polar surface area (TPSA) is 78.4 Å². The summed E-state index contributed by atoms with van der Waals surface area (Å²) in [5.74, 6) is -2.95. The minimum atomic E-state index is -1.19. The zero-order valence-electron chi connectivity index (χ0n) is 10.1. The molecule has 0 aliphatic carbocycles. The number of rotatable bonds is 3. The van der Waals surface area contributed by atoms with Gasteiger partial charge in [0.05, 0.1) is 11.3 Å². The van der Waals surface area contributed by atoms with E-state index in [4.69, 9.17) is 5.11 Å². The van der Waals surface area contributed by atoms with Crippen LogP contribution in [0.15, 0.2) is 28.1 Å². The Morgan fingerprint density at radius 3 is 2.57 bits per heavy atom. The van der Waals surface area contributed by atoms with E-state index in [1.54, 1.807) is 0 Å². The summed E-state index contributed by atoms with van der Waals surface area (Å²) in [4.78, 5) is 22.6. The number of carboxylic acids is 1. The van der Waals surface area contributed by atoms with Gasteiger partial charge in [0.2, 0.25) is 0 Å². The van der Waals surface area contributed by atoms with Crippen molar-refractivity contribution in [1.29, 1.82) is 0 Å². The second kappa shape index (κ2) is 6.19. The van der Waals surface area contributed by atoms with E-state index in [1.807, 2.05) is 0 Å². The lowest BCUT2D eigenvalue weighted by molar-refractivity contribution is 0.0698. The molecule has 0 saturated heterocycles. The molecule has 0 radical (unpaired) electrons. The normalized spacial score (nSPS) is 10.2. The van der Waals surface area contributed by atoms with Gasteiger partial charge >= 0.3 is 12.0 Å². The number of carbonyl (C=O) groups is 2. The Labute approximate surface area is 129 Å². The SMILES string of the molecule is O=C(Nc1sccc1C(=O)O)Nc1c(F)cc(F)cc1Br. The van der Waals surface area contributed by atoms with Gasteiger partial charge in [-0.15, -0.1) is 11.3 Å². The molecular formula is C12H7BrF2N2O3S. The average Bonchev–Trinajstić information content (AvgIpc) is 2.82. The molecule has 2 aromatic rings. The van der Waals surface area contributed by atoms with Crippen molar-refractivity contribution in [3.8, 4) is 0 Å². The van der Waals surface area contributed by atoms with Crippen molar-refractivity contribution >= 4 is 50.0 Å². The van der Waals surface area contributed by atoms with Gasteiger partial charge in [-0.05, 0) is 33.4 Å². The number of benzene rings is 1. The van der Waals surface area contributed by atoms with Gasteiger partial charge in [0.25, 0.3) is 0 Å². The quantitative estimate of drug-likeness (QED) is 0.753. The summed E-state index contributed by atoms with van der Waals surface area (Å²) < 4.78 is 26.5.